The van der Waals surface area contributed by atoms with Crippen LogP contribution in [0.4, 0.5) is 4.39 Å². The van der Waals surface area contributed by atoms with Crippen molar-refractivity contribution < 1.29 is 4.39 Å². The second-order valence-electron chi connectivity index (χ2n) is 5.78. The molecule has 0 radical (unpaired) electrons. The molecule has 1 nitrogen and oxygen atoms in total. The van der Waals surface area contributed by atoms with E-state index in [-0.39, 0.29) is 11.9 Å². The van der Waals surface area contributed by atoms with Gasteiger partial charge in [-0.1, -0.05) is 72.8 Å². The van der Waals surface area contributed by atoms with E-state index in [9.17, 15) is 4.39 Å². The lowest BCUT2D eigenvalue weighted by Gasteiger charge is -2.16. The molecule has 120 valence electrons. The fourth-order valence-corrected chi connectivity index (χ4v) is 2.92. The number of rotatable bonds is 5. The van der Waals surface area contributed by atoms with Gasteiger partial charge in [0.15, 0.2) is 0 Å². The number of hydrogen-bond donors (Lipinski definition) is 1. The summed E-state index contributed by atoms with van der Waals surface area (Å²) in [7, 11) is 0. The summed E-state index contributed by atoms with van der Waals surface area (Å²) < 4.78 is 14.7. The topological polar surface area (TPSA) is 26.0 Å². The molecule has 0 spiro atoms. The van der Waals surface area contributed by atoms with E-state index in [1.807, 2.05) is 66.7 Å². The van der Waals surface area contributed by atoms with Gasteiger partial charge in [0.1, 0.15) is 5.82 Å². The van der Waals surface area contributed by atoms with Crippen LogP contribution in [0.2, 0.25) is 0 Å². The van der Waals surface area contributed by atoms with Crippen LogP contribution in [0.25, 0.3) is 22.3 Å². The average molecular weight is 317 g/mol. The molecule has 0 aromatic heterocycles. The minimum absolute atomic E-state index is 0.143. The monoisotopic (exact) mass is 317 g/mol. The second-order valence-corrected chi connectivity index (χ2v) is 5.78. The zero-order valence-electron chi connectivity index (χ0n) is 13.5. The number of nitrogens with two attached hydrogens (primary N) is 1. The first kappa shape index (κ1) is 16.2. The largest absolute Gasteiger partial charge is 0.324 e. The molecule has 24 heavy (non-hydrogen) atoms. The molecule has 1 atom stereocenters. The highest BCUT2D eigenvalue weighted by atomic mass is 19.1. The first-order valence-corrected chi connectivity index (χ1v) is 8.01. The van der Waals surface area contributed by atoms with Crippen molar-refractivity contribution in [3.8, 4) is 22.3 Å². The molecule has 2 N–H and O–H groups in total. The van der Waals surface area contributed by atoms with Gasteiger partial charge in [0.2, 0.25) is 0 Å². The predicted molar refractivity (Wildman–Crippen MR) is 99.0 cm³/mol. The molecule has 0 saturated heterocycles. The Labute approximate surface area is 142 Å². The number of benzene rings is 3. The third-order valence-electron chi connectivity index (χ3n) is 4.15. The summed E-state index contributed by atoms with van der Waals surface area (Å²) in [6.07, 6.45) is 2.49. The van der Waals surface area contributed by atoms with Crippen LogP contribution in [-0.4, -0.2) is 0 Å². The molecule has 0 aliphatic heterocycles. The van der Waals surface area contributed by atoms with E-state index >= 15 is 0 Å². The lowest BCUT2D eigenvalue weighted by molar-refractivity contribution is 0.631. The Balaban J connectivity index is 2.03. The lowest BCUT2D eigenvalue weighted by atomic mass is 9.92. The van der Waals surface area contributed by atoms with E-state index in [1.165, 1.54) is 0 Å². The predicted octanol–water partition coefficient (Wildman–Crippen LogP) is 5.74. The van der Waals surface area contributed by atoms with Gasteiger partial charge in [-0.2, -0.15) is 0 Å². The Morgan fingerprint density at radius 1 is 0.875 bits per heavy atom. The van der Waals surface area contributed by atoms with E-state index in [2.05, 4.69) is 6.58 Å². The highest BCUT2D eigenvalue weighted by Crippen LogP contribution is 2.32. The molecule has 0 aliphatic carbocycles. The molecular formula is C22H20FN. The van der Waals surface area contributed by atoms with Crippen LogP contribution in [0.5, 0.6) is 0 Å². The molecule has 3 rings (SSSR count). The SMILES string of the molecule is C=CCC(N)c1ccccc1-c1ccc(-c2ccccc2)c(F)c1. The maximum Gasteiger partial charge on any atom is 0.131 e. The number of halogens is 1. The van der Waals surface area contributed by atoms with Crippen molar-refractivity contribution in [3.63, 3.8) is 0 Å². The fraction of sp³-hybridized carbons (Fsp3) is 0.0909. The zero-order chi connectivity index (χ0) is 16.9. The Morgan fingerprint density at radius 2 is 1.58 bits per heavy atom. The fourth-order valence-electron chi connectivity index (χ4n) is 2.92. The summed E-state index contributed by atoms with van der Waals surface area (Å²) >= 11 is 0. The molecule has 0 aliphatic rings. The van der Waals surface area contributed by atoms with E-state index in [4.69, 9.17) is 5.73 Å². The summed E-state index contributed by atoms with van der Waals surface area (Å²) in [5, 5.41) is 0. The van der Waals surface area contributed by atoms with Crippen LogP contribution in [-0.2, 0) is 0 Å². The number of hydrogen-bond acceptors (Lipinski definition) is 1. The van der Waals surface area contributed by atoms with E-state index < -0.39 is 0 Å². The Bertz CT molecular complexity index is 840. The van der Waals surface area contributed by atoms with Gasteiger partial charge in [-0.05, 0) is 34.7 Å². The molecule has 3 aromatic rings. The van der Waals surface area contributed by atoms with Crippen LogP contribution in [0.3, 0.4) is 0 Å². The minimum atomic E-state index is -0.231. The lowest BCUT2D eigenvalue weighted by Crippen LogP contribution is -2.10. The smallest absolute Gasteiger partial charge is 0.131 e. The van der Waals surface area contributed by atoms with Crippen molar-refractivity contribution >= 4 is 0 Å². The van der Waals surface area contributed by atoms with Crippen molar-refractivity contribution in [1.29, 1.82) is 0 Å². The summed E-state index contributed by atoms with van der Waals surface area (Å²) in [6, 6.07) is 22.7. The maximum atomic E-state index is 14.7. The summed E-state index contributed by atoms with van der Waals surface area (Å²) in [5.41, 5.74) is 10.5. The van der Waals surface area contributed by atoms with E-state index in [0.29, 0.717) is 12.0 Å². The van der Waals surface area contributed by atoms with Gasteiger partial charge >= 0.3 is 0 Å². The highest BCUT2D eigenvalue weighted by molar-refractivity contribution is 5.73. The summed E-state index contributed by atoms with van der Waals surface area (Å²) in [4.78, 5) is 0. The van der Waals surface area contributed by atoms with Crippen molar-refractivity contribution in [2.45, 2.75) is 12.5 Å². The van der Waals surface area contributed by atoms with Gasteiger partial charge in [-0.25, -0.2) is 4.39 Å². The van der Waals surface area contributed by atoms with Crippen molar-refractivity contribution in [2.24, 2.45) is 5.73 Å². The molecule has 1 unspecified atom stereocenters. The molecule has 0 heterocycles. The van der Waals surface area contributed by atoms with Crippen LogP contribution < -0.4 is 5.73 Å². The summed E-state index contributed by atoms with van der Waals surface area (Å²) in [6.45, 7) is 3.75. The van der Waals surface area contributed by atoms with Gasteiger partial charge in [0.25, 0.3) is 0 Å². The normalized spacial score (nSPS) is 11.9. The highest BCUT2D eigenvalue weighted by Gasteiger charge is 2.13. The summed E-state index contributed by atoms with van der Waals surface area (Å²) in [5.74, 6) is -0.231. The third-order valence-corrected chi connectivity index (χ3v) is 4.15. The molecule has 0 bridgehead atoms. The standard InChI is InChI=1S/C22H20FN/c1-2-8-22(24)20-12-7-6-11-18(20)17-13-14-19(21(23)15-17)16-9-4-3-5-10-16/h2-7,9-15,22H,1,8,24H2. The van der Waals surface area contributed by atoms with Gasteiger partial charge in [-0.15, -0.1) is 6.58 Å². The third kappa shape index (κ3) is 3.29. The molecule has 2 heteroatoms. The van der Waals surface area contributed by atoms with Gasteiger partial charge < -0.3 is 5.73 Å². The quantitative estimate of drug-likeness (QED) is 0.597. The van der Waals surface area contributed by atoms with E-state index in [1.54, 1.807) is 12.1 Å². The van der Waals surface area contributed by atoms with Crippen molar-refractivity contribution in [2.75, 3.05) is 0 Å². The molecule has 0 amide bonds. The maximum absolute atomic E-state index is 14.7. The van der Waals surface area contributed by atoms with Gasteiger partial charge in [0.05, 0.1) is 0 Å². The Morgan fingerprint density at radius 3 is 2.29 bits per heavy atom. The molecule has 0 fully saturated rings. The minimum Gasteiger partial charge on any atom is -0.324 e. The van der Waals surface area contributed by atoms with Gasteiger partial charge in [-0.3, -0.25) is 0 Å². The molecular weight excluding hydrogens is 297 g/mol. The van der Waals surface area contributed by atoms with Crippen LogP contribution in [0.1, 0.15) is 18.0 Å². The second kappa shape index (κ2) is 7.24. The van der Waals surface area contributed by atoms with Crippen LogP contribution in [0.15, 0.2) is 85.5 Å². The first-order chi connectivity index (χ1) is 11.7. The van der Waals surface area contributed by atoms with E-state index in [0.717, 1.165) is 22.3 Å². The van der Waals surface area contributed by atoms with Crippen LogP contribution >= 0.6 is 0 Å². The molecule has 0 saturated carbocycles. The first-order valence-electron chi connectivity index (χ1n) is 8.01. The van der Waals surface area contributed by atoms with Crippen LogP contribution in [0, 0.1) is 5.82 Å². The Kier molecular flexibility index (Phi) is 4.88. The Hall–Kier alpha value is -2.71. The van der Waals surface area contributed by atoms with Crippen molar-refractivity contribution in [3.05, 3.63) is 96.8 Å². The molecule has 3 aromatic carbocycles. The average Bonchev–Trinajstić information content (AvgIpc) is 2.62. The van der Waals surface area contributed by atoms with Crippen molar-refractivity contribution in [1.82, 2.24) is 0 Å². The zero-order valence-corrected chi connectivity index (χ0v) is 13.5. The van der Waals surface area contributed by atoms with Gasteiger partial charge in [0, 0.05) is 11.6 Å².